The molecule has 0 saturated carbocycles. The highest BCUT2D eigenvalue weighted by Crippen LogP contribution is 2.36. The van der Waals surface area contributed by atoms with Gasteiger partial charge in [0.15, 0.2) is 0 Å². The van der Waals surface area contributed by atoms with E-state index in [2.05, 4.69) is 31.9 Å². The highest BCUT2D eigenvalue weighted by atomic mass is 79.9. The van der Waals surface area contributed by atoms with Crippen LogP contribution in [0.25, 0.3) is 0 Å². The van der Waals surface area contributed by atoms with Crippen LogP contribution in [0.1, 0.15) is 5.56 Å². The molecule has 104 valence electrons. The third-order valence-corrected chi connectivity index (χ3v) is 4.08. The zero-order valence-electron chi connectivity index (χ0n) is 9.98. The van der Waals surface area contributed by atoms with Crippen LogP contribution in [0, 0.1) is 10.1 Å². The maximum atomic E-state index is 10.8. The number of nitrogens with zero attached hydrogens (tertiary/aromatic N) is 1. The van der Waals surface area contributed by atoms with Gasteiger partial charge >= 0.3 is 0 Å². The van der Waals surface area contributed by atoms with E-state index >= 15 is 0 Å². The molecule has 0 amide bonds. The van der Waals surface area contributed by atoms with Gasteiger partial charge in [0, 0.05) is 11.9 Å². The number of rotatable bonds is 4. The van der Waals surface area contributed by atoms with Crippen LogP contribution < -0.4 is 4.74 Å². The van der Waals surface area contributed by atoms with Gasteiger partial charge in [-0.15, -0.1) is 11.6 Å². The number of halogens is 3. The van der Waals surface area contributed by atoms with Crippen molar-refractivity contribution in [3.63, 3.8) is 0 Å². The predicted molar refractivity (Wildman–Crippen MR) is 84.6 cm³/mol. The van der Waals surface area contributed by atoms with Gasteiger partial charge in [-0.25, -0.2) is 0 Å². The summed E-state index contributed by atoms with van der Waals surface area (Å²) in [7, 11) is 0. The van der Waals surface area contributed by atoms with Crippen molar-refractivity contribution >= 4 is 49.1 Å². The lowest BCUT2D eigenvalue weighted by Gasteiger charge is -2.10. The largest absolute Gasteiger partial charge is 0.455 e. The molecule has 7 heteroatoms. The number of alkyl halides is 1. The van der Waals surface area contributed by atoms with E-state index in [9.17, 15) is 10.1 Å². The fourth-order valence-corrected chi connectivity index (χ4v) is 2.51. The standard InChI is InChI=1S/C13H8Br2ClNO3/c14-10-3-2-9(17(18)19)6-13(10)20-12-4-1-8(7-16)5-11(12)15/h1-6H,7H2. The topological polar surface area (TPSA) is 52.4 Å². The zero-order valence-corrected chi connectivity index (χ0v) is 13.9. The third-order valence-electron chi connectivity index (χ3n) is 2.50. The first-order valence-electron chi connectivity index (χ1n) is 5.47. The number of non-ortho nitro benzene ring substituents is 1. The van der Waals surface area contributed by atoms with E-state index in [1.54, 1.807) is 12.1 Å². The van der Waals surface area contributed by atoms with Crippen molar-refractivity contribution in [2.24, 2.45) is 0 Å². The molecule has 0 radical (unpaired) electrons. The molecule has 0 fully saturated rings. The van der Waals surface area contributed by atoms with Gasteiger partial charge in [0.25, 0.3) is 5.69 Å². The Kier molecular flexibility index (Phi) is 5.01. The summed E-state index contributed by atoms with van der Waals surface area (Å²) in [6.07, 6.45) is 0. The van der Waals surface area contributed by atoms with Crippen molar-refractivity contribution < 1.29 is 9.66 Å². The predicted octanol–water partition coefficient (Wildman–Crippen LogP) is 5.65. The van der Waals surface area contributed by atoms with Gasteiger partial charge in [-0.2, -0.15) is 0 Å². The first-order chi connectivity index (χ1) is 9.51. The number of hydrogen-bond acceptors (Lipinski definition) is 3. The second kappa shape index (κ2) is 6.56. The zero-order chi connectivity index (χ0) is 14.7. The molecule has 2 aromatic carbocycles. The lowest BCUT2D eigenvalue weighted by Crippen LogP contribution is -1.92. The van der Waals surface area contributed by atoms with E-state index in [1.807, 2.05) is 12.1 Å². The molecule has 2 aromatic rings. The van der Waals surface area contributed by atoms with Crippen LogP contribution >= 0.6 is 43.5 Å². The maximum Gasteiger partial charge on any atom is 0.273 e. The number of ether oxygens (including phenoxy) is 1. The van der Waals surface area contributed by atoms with Crippen molar-refractivity contribution in [2.45, 2.75) is 5.88 Å². The van der Waals surface area contributed by atoms with Crippen molar-refractivity contribution in [2.75, 3.05) is 0 Å². The summed E-state index contributed by atoms with van der Waals surface area (Å²) >= 11 is 12.4. The van der Waals surface area contributed by atoms with Crippen LogP contribution in [0.2, 0.25) is 0 Å². The highest BCUT2D eigenvalue weighted by molar-refractivity contribution is 9.11. The van der Waals surface area contributed by atoms with E-state index < -0.39 is 4.92 Å². The minimum Gasteiger partial charge on any atom is -0.455 e. The van der Waals surface area contributed by atoms with E-state index in [1.165, 1.54) is 12.1 Å². The quantitative estimate of drug-likeness (QED) is 0.364. The fraction of sp³-hybridized carbons (Fsp3) is 0.0769. The Morgan fingerprint density at radius 1 is 1.10 bits per heavy atom. The van der Waals surface area contributed by atoms with Crippen molar-refractivity contribution in [1.29, 1.82) is 0 Å². The second-order valence-electron chi connectivity index (χ2n) is 3.87. The van der Waals surface area contributed by atoms with Crippen LogP contribution in [-0.2, 0) is 5.88 Å². The van der Waals surface area contributed by atoms with Crippen LogP contribution in [0.15, 0.2) is 45.3 Å². The maximum absolute atomic E-state index is 10.8. The summed E-state index contributed by atoms with van der Waals surface area (Å²) in [6, 6.07) is 9.78. The molecule has 0 unspecified atom stereocenters. The molecule has 2 rings (SSSR count). The van der Waals surface area contributed by atoms with Crippen LogP contribution in [0.4, 0.5) is 5.69 Å². The molecule has 0 heterocycles. The lowest BCUT2D eigenvalue weighted by atomic mass is 10.2. The summed E-state index contributed by atoms with van der Waals surface area (Å²) < 4.78 is 7.06. The summed E-state index contributed by atoms with van der Waals surface area (Å²) in [5.41, 5.74) is 0.917. The molecular weight excluding hydrogens is 413 g/mol. The van der Waals surface area contributed by atoms with Gasteiger partial charge < -0.3 is 4.74 Å². The highest BCUT2D eigenvalue weighted by Gasteiger charge is 2.12. The first-order valence-corrected chi connectivity index (χ1v) is 7.59. The minimum absolute atomic E-state index is 0.0308. The Labute approximate surface area is 137 Å². The van der Waals surface area contributed by atoms with E-state index in [4.69, 9.17) is 16.3 Å². The Morgan fingerprint density at radius 3 is 2.45 bits per heavy atom. The summed E-state index contributed by atoms with van der Waals surface area (Å²) in [6.45, 7) is 0. The number of benzene rings is 2. The van der Waals surface area contributed by atoms with Gasteiger partial charge in [-0.3, -0.25) is 10.1 Å². The monoisotopic (exact) mass is 419 g/mol. The van der Waals surface area contributed by atoms with Gasteiger partial charge in [0.1, 0.15) is 11.5 Å². The summed E-state index contributed by atoms with van der Waals surface area (Å²) in [4.78, 5) is 10.3. The van der Waals surface area contributed by atoms with Gasteiger partial charge in [-0.1, -0.05) is 6.07 Å². The molecule has 4 nitrogen and oxygen atoms in total. The fourth-order valence-electron chi connectivity index (χ4n) is 1.51. The van der Waals surface area contributed by atoms with E-state index in [0.717, 1.165) is 10.0 Å². The molecule has 0 atom stereocenters. The van der Waals surface area contributed by atoms with Gasteiger partial charge in [0.05, 0.1) is 19.9 Å². The molecule has 0 aliphatic carbocycles. The average Bonchev–Trinajstić information content (AvgIpc) is 2.42. The molecule has 0 aromatic heterocycles. The number of nitro groups is 1. The minimum atomic E-state index is -0.467. The Hall–Kier alpha value is -1.11. The van der Waals surface area contributed by atoms with Crippen molar-refractivity contribution in [3.05, 3.63) is 61.0 Å². The molecule has 0 bridgehead atoms. The Balaban J connectivity index is 2.34. The van der Waals surface area contributed by atoms with E-state index in [0.29, 0.717) is 21.9 Å². The van der Waals surface area contributed by atoms with E-state index in [-0.39, 0.29) is 5.69 Å². The first kappa shape index (κ1) is 15.3. The van der Waals surface area contributed by atoms with Crippen molar-refractivity contribution in [1.82, 2.24) is 0 Å². The Bertz CT molecular complexity index is 664. The van der Waals surface area contributed by atoms with Crippen molar-refractivity contribution in [3.8, 4) is 11.5 Å². The normalized spacial score (nSPS) is 10.3. The molecule has 0 spiro atoms. The number of nitro benzene ring substituents is 1. The van der Waals surface area contributed by atoms with Gasteiger partial charge in [0.2, 0.25) is 0 Å². The number of hydrogen-bond donors (Lipinski definition) is 0. The summed E-state index contributed by atoms with van der Waals surface area (Å²) in [5.74, 6) is 1.33. The molecule has 0 aliphatic rings. The molecule has 20 heavy (non-hydrogen) atoms. The average molecular weight is 421 g/mol. The molecule has 0 N–H and O–H groups in total. The molecular formula is C13H8Br2ClNO3. The smallest absolute Gasteiger partial charge is 0.273 e. The SMILES string of the molecule is O=[N+]([O-])c1ccc(Br)c(Oc2ccc(CCl)cc2Br)c1. The van der Waals surface area contributed by atoms with Crippen LogP contribution in [0.3, 0.4) is 0 Å². The third kappa shape index (κ3) is 3.50. The second-order valence-corrected chi connectivity index (χ2v) is 5.85. The molecule has 0 aliphatic heterocycles. The van der Waals surface area contributed by atoms with Crippen LogP contribution in [-0.4, -0.2) is 4.92 Å². The Morgan fingerprint density at radius 2 is 1.85 bits per heavy atom. The molecule has 0 saturated heterocycles. The van der Waals surface area contributed by atoms with Gasteiger partial charge in [-0.05, 0) is 55.6 Å². The van der Waals surface area contributed by atoms with Crippen LogP contribution in [0.5, 0.6) is 11.5 Å². The summed E-state index contributed by atoms with van der Waals surface area (Å²) in [5, 5.41) is 10.8. The lowest BCUT2D eigenvalue weighted by molar-refractivity contribution is -0.384.